The van der Waals surface area contributed by atoms with Crippen LogP contribution < -0.4 is 0 Å². The van der Waals surface area contributed by atoms with Crippen LogP contribution in [0.25, 0.3) is 0 Å². The Morgan fingerprint density at radius 3 is 2.56 bits per heavy atom. The lowest BCUT2D eigenvalue weighted by Crippen LogP contribution is -2.39. The standard InChI is InChI=1S/C22H30O5/c1-6-7-8-9-15(2)10-11-17-16(3)21(26)18(14-22(17,4)5)27-20(25)13-12-19(23)24/h7-11,18H,6,12-14H2,1-5H3,(H,23,24). The second-order valence-corrected chi connectivity index (χ2v) is 7.44. The first-order valence-corrected chi connectivity index (χ1v) is 9.26. The predicted octanol–water partition coefficient (Wildman–Crippen LogP) is 4.55. The molecule has 5 heteroatoms. The van der Waals surface area contributed by atoms with Gasteiger partial charge in [-0.25, -0.2) is 0 Å². The van der Waals surface area contributed by atoms with E-state index in [1.807, 2.05) is 45.1 Å². The second-order valence-electron chi connectivity index (χ2n) is 7.44. The molecule has 0 bridgehead atoms. The van der Waals surface area contributed by atoms with Crippen LogP contribution in [-0.4, -0.2) is 28.9 Å². The molecule has 27 heavy (non-hydrogen) atoms. The summed E-state index contributed by atoms with van der Waals surface area (Å²) >= 11 is 0. The van der Waals surface area contributed by atoms with Gasteiger partial charge in [0.05, 0.1) is 12.8 Å². The highest BCUT2D eigenvalue weighted by molar-refractivity contribution is 6.01. The Morgan fingerprint density at radius 1 is 1.30 bits per heavy atom. The minimum Gasteiger partial charge on any atom is -0.481 e. The van der Waals surface area contributed by atoms with E-state index in [9.17, 15) is 14.4 Å². The number of carboxylic acid groups (broad SMARTS) is 1. The lowest BCUT2D eigenvalue weighted by Gasteiger charge is -2.36. The van der Waals surface area contributed by atoms with E-state index in [2.05, 4.69) is 13.0 Å². The summed E-state index contributed by atoms with van der Waals surface area (Å²) in [5, 5.41) is 8.65. The van der Waals surface area contributed by atoms with Gasteiger partial charge in [-0.3, -0.25) is 14.4 Å². The molecular weight excluding hydrogens is 344 g/mol. The molecule has 0 radical (unpaired) electrons. The molecule has 5 nitrogen and oxygen atoms in total. The first kappa shape index (κ1) is 22.6. The zero-order valence-corrected chi connectivity index (χ0v) is 16.9. The van der Waals surface area contributed by atoms with Crippen molar-refractivity contribution in [3.63, 3.8) is 0 Å². The van der Waals surface area contributed by atoms with Gasteiger partial charge in [-0.1, -0.05) is 56.7 Å². The minimum atomic E-state index is -1.07. The molecule has 1 aliphatic rings. The summed E-state index contributed by atoms with van der Waals surface area (Å²) in [6.07, 6.45) is 9.99. The van der Waals surface area contributed by atoms with Crippen LogP contribution >= 0.6 is 0 Å². The van der Waals surface area contributed by atoms with Gasteiger partial charge in [0.15, 0.2) is 11.9 Å². The van der Waals surface area contributed by atoms with E-state index in [4.69, 9.17) is 9.84 Å². The molecule has 0 saturated heterocycles. The third-order valence-corrected chi connectivity index (χ3v) is 4.55. The molecule has 0 aliphatic heterocycles. The zero-order chi connectivity index (χ0) is 20.6. The number of ether oxygens (including phenoxy) is 1. The average Bonchev–Trinajstić information content (AvgIpc) is 2.57. The molecule has 0 saturated carbocycles. The maximum absolute atomic E-state index is 12.6. The number of allylic oxidation sites excluding steroid dienone is 7. The summed E-state index contributed by atoms with van der Waals surface area (Å²) < 4.78 is 5.27. The lowest BCUT2D eigenvalue weighted by atomic mass is 9.71. The molecule has 0 spiro atoms. The lowest BCUT2D eigenvalue weighted by molar-refractivity contribution is -0.157. The first-order valence-electron chi connectivity index (χ1n) is 9.26. The first-order chi connectivity index (χ1) is 12.6. The summed E-state index contributed by atoms with van der Waals surface area (Å²) in [4.78, 5) is 35.0. The van der Waals surface area contributed by atoms with Crippen molar-refractivity contribution in [2.75, 3.05) is 0 Å². The van der Waals surface area contributed by atoms with Gasteiger partial charge < -0.3 is 9.84 Å². The van der Waals surface area contributed by atoms with Crippen molar-refractivity contribution >= 4 is 17.7 Å². The van der Waals surface area contributed by atoms with E-state index in [0.29, 0.717) is 12.0 Å². The fraction of sp³-hybridized carbons (Fsp3) is 0.500. The van der Waals surface area contributed by atoms with Gasteiger partial charge >= 0.3 is 11.9 Å². The number of aliphatic carboxylic acids is 1. The molecule has 0 aromatic heterocycles. The Morgan fingerprint density at radius 2 is 1.96 bits per heavy atom. The Bertz CT molecular complexity index is 704. The van der Waals surface area contributed by atoms with E-state index in [1.54, 1.807) is 6.92 Å². The highest BCUT2D eigenvalue weighted by Gasteiger charge is 2.39. The number of carboxylic acids is 1. The van der Waals surface area contributed by atoms with Crippen LogP contribution in [0.4, 0.5) is 0 Å². The van der Waals surface area contributed by atoms with Crippen LogP contribution in [0.2, 0.25) is 0 Å². The van der Waals surface area contributed by atoms with Gasteiger partial charge in [0, 0.05) is 6.42 Å². The molecule has 1 rings (SSSR count). The minimum absolute atomic E-state index is 0.217. The smallest absolute Gasteiger partial charge is 0.307 e. The van der Waals surface area contributed by atoms with Crippen LogP contribution in [0, 0.1) is 5.41 Å². The van der Waals surface area contributed by atoms with Crippen molar-refractivity contribution in [3.8, 4) is 0 Å². The molecule has 0 heterocycles. The largest absolute Gasteiger partial charge is 0.481 e. The summed E-state index contributed by atoms with van der Waals surface area (Å²) in [6.45, 7) is 9.84. The van der Waals surface area contributed by atoms with Crippen molar-refractivity contribution < 1.29 is 24.2 Å². The summed E-state index contributed by atoms with van der Waals surface area (Å²) in [5.74, 6) is -1.94. The second kappa shape index (κ2) is 10.0. The Labute approximate surface area is 161 Å². The molecule has 0 aromatic rings. The van der Waals surface area contributed by atoms with E-state index in [0.717, 1.165) is 17.6 Å². The van der Waals surface area contributed by atoms with E-state index in [1.165, 1.54) is 0 Å². The molecule has 0 amide bonds. The molecule has 1 aliphatic carbocycles. The van der Waals surface area contributed by atoms with E-state index < -0.39 is 18.0 Å². The molecule has 1 unspecified atom stereocenters. The number of hydrogen-bond donors (Lipinski definition) is 1. The van der Waals surface area contributed by atoms with Crippen LogP contribution in [0.15, 0.2) is 47.1 Å². The van der Waals surface area contributed by atoms with Crippen molar-refractivity contribution in [1.82, 2.24) is 0 Å². The van der Waals surface area contributed by atoms with Gasteiger partial charge in [0.25, 0.3) is 0 Å². The summed E-state index contributed by atoms with van der Waals surface area (Å²) in [7, 11) is 0. The van der Waals surface area contributed by atoms with Crippen LogP contribution in [0.5, 0.6) is 0 Å². The summed E-state index contributed by atoms with van der Waals surface area (Å²) in [5.41, 5.74) is 2.24. The summed E-state index contributed by atoms with van der Waals surface area (Å²) in [6, 6.07) is 0. The molecule has 0 aromatic carbocycles. The van der Waals surface area contributed by atoms with Gasteiger partial charge in [0.1, 0.15) is 0 Å². The van der Waals surface area contributed by atoms with Crippen LogP contribution in [0.3, 0.4) is 0 Å². The highest BCUT2D eigenvalue weighted by Crippen LogP contribution is 2.40. The number of rotatable bonds is 8. The highest BCUT2D eigenvalue weighted by atomic mass is 16.5. The van der Waals surface area contributed by atoms with Gasteiger partial charge in [0.2, 0.25) is 0 Å². The normalized spacial score (nSPS) is 20.6. The maximum Gasteiger partial charge on any atom is 0.307 e. The molecule has 0 fully saturated rings. The van der Waals surface area contributed by atoms with Crippen molar-refractivity contribution in [1.29, 1.82) is 0 Å². The van der Waals surface area contributed by atoms with Crippen LogP contribution in [-0.2, 0) is 19.1 Å². The third-order valence-electron chi connectivity index (χ3n) is 4.55. The Kier molecular flexibility index (Phi) is 8.41. The topological polar surface area (TPSA) is 80.7 Å². The number of carbonyl (C=O) groups excluding carboxylic acids is 2. The number of Topliss-reactive ketones (excluding diaryl/α,β-unsaturated/α-hetero) is 1. The van der Waals surface area contributed by atoms with Crippen molar-refractivity contribution in [2.45, 2.75) is 66.4 Å². The fourth-order valence-corrected chi connectivity index (χ4v) is 3.05. The van der Waals surface area contributed by atoms with Gasteiger partial charge in [-0.05, 0) is 36.8 Å². The quantitative estimate of drug-likeness (QED) is 0.498. The number of hydrogen-bond acceptors (Lipinski definition) is 4. The molecule has 148 valence electrons. The average molecular weight is 374 g/mol. The molecule has 1 N–H and O–H groups in total. The van der Waals surface area contributed by atoms with Crippen LogP contribution in [0.1, 0.15) is 60.3 Å². The monoisotopic (exact) mass is 374 g/mol. The zero-order valence-electron chi connectivity index (χ0n) is 16.9. The van der Waals surface area contributed by atoms with Gasteiger partial charge in [-0.2, -0.15) is 0 Å². The third kappa shape index (κ3) is 7.00. The SMILES string of the molecule is CCC=CC=C(C)C=CC1=C(C)C(=O)C(OC(=O)CCC(=O)O)CC1(C)C. The van der Waals surface area contributed by atoms with E-state index in [-0.39, 0.29) is 24.0 Å². The number of esters is 1. The molecule has 1 atom stereocenters. The van der Waals surface area contributed by atoms with Gasteiger partial charge in [-0.15, -0.1) is 0 Å². The fourth-order valence-electron chi connectivity index (χ4n) is 3.05. The Hall–Kier alpha value is -2.43. The van der Waals surface area contributed by atoms with E-state index >= 15 is 0 Å². The number of ketones is 1. The van der Waals surface area contributed by atoms with Crippen molar-refractivity contribution in [3.05, 3.63) is 47.1 Å². The Balaban J connectivity index is 2.95. The maximum atomic E-state index is 12.6. The predicted molar refractivity (Wildman–Crippen MR) is 105 cm³/mol. The molecular formula is C22H30O5. The van der Waals surface area contributed by atoms with Crippen molar-refractivity contribution in [2.24, 2.45) is 5.41 Å². The number of carbonyl (C=O) groups is 3.